The summed E-state index contributed by atoms with van der Waals surface area (Å²) in [6.45, 7) is 9.87. The number of amides is 1. The minimum absolute atomic E-state index is 0.0216. The smallest absolute Gasteiger partial charge is 0.348 e. The summed E-state index contributed by atoms with van der Waals surface area (Å²) in [5.41, 5.74) is 0.830. The van der Waals surface area contributed by atoms with E-state index in [1.165, 1.54) is 11.3 Å². The molecule has 0 aliphatic carbocycles. The molecule has 1 unspecified atom stereocenters. The van der Waals surface area contributed by atoms with Crippen molar-refractivity contribution < 1.29 is 14.3 Å². The molecule has 1 aromatic heterocycles. The maximum absolute atomic E-state index is 11.9. The monoisotopic (exact) mass is 283 g/mol. The van der Waals surface area contributed by atoms with E-state index in [9.17, 15) is 9.59 Å². The zero-order chi connectivity index (χ0) is 14.6. The fourth-order valence-electron chi connectivity index (χ4n) is 1.48. The van der Waals surface area contributed by atoms with Crippen LogP contribution in [0.5, 0.6) is 0 Å². The van der Waals surface area contributed by atoms with Crippen LogP contribution in [0, 0.1) is 18.8 Å². The summed E-state index contributed by atoms with van der Waals surface area (Å²) < 4.78 is 4.97. The number of aryl methyl sites for hydroxylation is 1. The Hall–Kier alpha value is -1.36. The standard InChI is InChI=1S/C14H21NO3S/c1-6-18-14(17)12-9(4)7-11(19-12)15-13(16)10(5)8(2)3/h7-8,10H,6H2,1-5H3,(H,15,16). The van der Waals surface area contributed by atoms with E-state index in [2.05, 4.69) is 5.32 Å². The summed E-state index contributed by atoms with van der Waals surface area (Å²) in [5, 5.41) is 3.55. The van der Waals surface area contributed by atoms with Crippen molar-refractivity contribution in [3.63, 3.8) is 0 Å². The molecule has 1 aromatic rings. The Kier molecular flexibility index (Phi) is 5.54. The van der Waals surface area contributed by atoms with Gasteiger partial charge in [0.05, 0.1) is 11.6 Å². The van der Waals surface area contributed by atoms with Gasteiger partial charge in [0, 0.05) is 5.92 Å². The van der Waals surface area contributed by atoms with Crippen LogP contribution in [-0.4, -0.2) is 18.5 Å². The van der Waals surface area contributed by atoms with Crippen molar-refractivity contribution >= 4 is 28.2 Å². The second-order valence-corrected chi connectivity index (χ2v) is 5.92. The van der Waals surface area contributed by atoms with E-state index in [0.717, 1.165) is 5.56 Å². The van der Waals surface area contributed by atoms with Gasteiger partial charge in [0.15, 0.2) is 0 Å². The van der Waals surface area contributed by atoms with Crippen molar-refractivity contribution in [1.29, 1.82) is 0 Å². The molecule has 0 radical (unpaired) electrons. The number of nitrogens with one attached hydrogen (secondary N) is 1. The SMILES string of the molecule is CCOC(=O)c1sc(NC(=O)C(C)C(C)C)cc1C. The molecule has 0 bridgehead atoms. The molecular formula is C14H21NO3S. The predicted octanol–water partition coefficient (Wildman–Crippen LogP) is 3.46. The fourth-order valence-corrected chi connectivity index (χ4v) is 2.45. The van der Waals surface area contributed by atoms with Crippen molar-refractivity contribution in [2.45, 2.75) is 34.6 Å². The maximum atomic E-state index is 11.9. The van der Waals surface area contributed by atoms with Crippen LogP contribution in [0.25, 0.3) is 0 Å². The van der Waals surface area contributed by atoms with Crippen molar-refractivity contribution in [3.8, 4) is 0 Å². The van der Waals surface area contributed by atoms with Gasteiger partial charge >= 0.3 is 5.97 Å². The number of anilines is 1. The van der Waals surface area contributed by atoms with Crippen LogP contribution < -0.4 is 5.32 Å². The van der Waals surface area contributed by atoms with Crippen LogP contribution in [0.15, 0.2) is 6.07 Å². The molecule has 0 saturated heterocycles. The van der Waals surface area contributed by atoms with E-state index in [1.807, 2.05) is 33.8 Å². The molecule has 1 rings (SSSR count). The molecule has 5 heteroatoms. The topological polar surface area (TPSA) is 55.4 Å². The van der Waals surface area contributed by atoms with E-state index in [4.69, 9.17) is 4.74 Å². The number of thiophene rings is 1. The van der Waals surface area contributed by atoms with E-state index < -0.39 is 0 Å². The molecular weight excluding hydrogens is 262 g/mol. The summed E-state index contributed by atoms with van der Waals surface area (Å²) in [7, 11) is 0. The number of rotatable bonds is 5. The lowest BCUT2D eigenvalue weighted by atomic mass is 9.97. The first-order valence-corrected chi connectivity index (χ1v) is 7.26. The van der Waals surface area contributed by atoms with E-state index >= 15 is 0 Å². The van der Waals surface area contributed by atoms with Gasteiger partial charge < -0.3 is 10.1 Å². The summed E-state index contributed by atoms with van der Waals surface area (Å²) in [4.78, 5) is 24.2. The summed E-state index contributed by atoms with van der Waals surface area (Å²) in [6, 6.07) is 1.81. The van der Waals surface area contributed by atoms with Gasteiger partial charge in [-0.2, -0.15) is 0 Å². The number of carbonyl (C=O) groups is 2. The quantitative estimate of drug-likeness (QED) is 0.842. The number of hydrogen-bond acceptors (Lipinski definition) is 4. The molecule has 106 valence electrons. The number of esters is 1. The minimum atomic E-state index is -0.331. The third kappa shape index (κ3) is 4.06. The van der Waals surface area contributed by atoms with Gasteiger partial charge in [0.1, 0.15) is 4.88 Å². The molecule has 0 aromatic carbocycles. The Morgan fingerprint density at radius 2 is 2.00 bits per heavy atom. The molecule has 0 spiro atoms. The van der Waals surface area contributed by atoms with Gasteiger partial charge in [-0.3, -0.25) is 4.79 Å². The Balaban J connectivity index is 2.79. The highest BCUT2D eigenvalue weighted by molar-refractivity contribution is 7.18. The number of hydrogen-bond donors (Lipinski definition) is 1. The third-order valence-electron chi connectivity index (χ3n) is 3.04. The molecule has 0 aliphatic heterocycles. The van der Waals surface area contributed by atoms with Crippen LogP contribution >= 0.6 is 11.3 Å². The van der Waals surface area contributed by atoms with E-state index in [1.54, 1.807) is 6.92 Å². The summed E-state index contributed by atoms with van der Waals surface area (Å²) in [5.74, 6) is -0.131. The van der Waals surface area contributed by atoms with Crippen molar-refractivity contribution in [1.82, 2.24) is 0 Å². The summed E-state index contributed by atoms with van der Waals surface area (Å²) in [6.07, 6.45) is 0. The van der Waals surface area contributed by atoms with E-state index in [-0.39, 0.29) is 23.7 Å². The Bertz CT molecular complexity index is 465. The first kappa shape index (κ1) is 15.7. The van der Waals surface area contributed by atoms with Gasteiger partial charge in [-0.25, -0.2) is 4.79 Å². The Morgan fingerprint density at radius 3 is 2.53 bits per heavy atom. The van der Waals surface area contributed by atoms with Crippen LogP contribution in [0.2, 0.25) is 0 Å². The largest absolute Gasteiger partial charge is 0.462 e. The lowest BCUT2D eigenvalue weighted by molar-refractivity contribution is -0.120. The fraction of sp³-hybridized carbons (Fsp3) is 0.571. The molecule has 1 N–H and O–H groups in total. The minimum Gasteiger partial charge on any atom is -0.462 e. The number of carbonyl (C=O) groups excluding carboxylic acids is 2. The molecule has 1 amide bonds. The van der Waals surface area contributed by atoms with Gasteiger partial charge in [-0.15, -0.1) is 11.3 Å². The van der Waals surface area contributed by atoms with Crippen LogP contribution in [0.4, 0.5) is 5.00 Å². The van der Waals surface area contributed by atoms with Gasteiger partial charge in [-0.1, -0.05) is 20.8 Å². The Morgan fingerprint density at radius 1 is 1.37 bits per heavy atom. The van der Waals surface area contributed by atoms with Gasteiger partial charge in [-0.05, 0) is 31.4 Å². The lowest BCUT2D eigenvalue weighted by Gasteiger charge is -2.14. The first-order chi connectivity index (χ1) is 8.86. The maximum Gasteiger partial charge on any atom is 0.348 e. The zero-order valence-electron chi connectivity index (χ0n) is 12.1. The van der Waals surface area contributed by atoms with Crippen molar-refractivity contribution in [2.75, 3.05) is 11.9 Å². The van der Waals surface area contributed by atoms with Crippen LogP contribution in [0.1, 0.15) is 42.9 Å². The molecule has 1 atom stereocenters. The van der Waals surface area contributed by atoms with Crippen molar-refractivity contribution in [3.05, 3.63) is 16.5 Å². The molecule has 0 saturated carbocycles. The number of ether oxygens (including phenoxy) is 1. The second-order valence-electron chi connectivity index (χ2n) is 4.87. The van der Waals surface area contributed by atoms with Gasteiger partial charge in [0.25, 0.3) is 0 Å². The second kappa shape index (κ2) is 6.70. The highest BCUT2D eigenvalue weighted by atomic mass is 32.1. The first-order valence-electron chi connectivity index (χ1n) is 6.45. The predicted molar refractivity (Wildman–Crippen MR) is 77.6 cm³/mol. The van der Waals surface area contributed by atoms with Gasteiger partial charge in [0.2, 0.25) is 5.91 Å². The van der Waals surface area contributed by atoms with Crippen molar-refractivity contribution in [2.24, 2.45) is 11.8 Å². The highest BCUT2D eigenvalue weighted by Crippen LogP contribution is 2.28. The highest BCUT2D eigenvalue weighted by Gasteiger charge is 2.19. The average molecular weight is 283 g/mol. The molecule has 1 heterocycles. The normalized spacial score (nSPS) is 12.3. The molecule has 4 nitrogen and oxygen atoms in total. The average Bonchev–Trinajstić information content (AvgIpc) is 2.69. The van der Waals surface area contributed by atoms with Crippen LogP contribution in [-0.2, 0) is 9.53 Å². The lowest BCUT2D eigenvalue weighted by Crippen LogP contribution is -2.23. The van der Waals surface area contributed by atoms with E-state index in [0.29, 0.717) is 16.5 Å². The molecule has 19 heavy (non-hydrogen) atoms. The molecule has 0 fully saturated rings. The third-order valence-corrected chi connectivity index (χ3v) is 4.17. The zero-order valence-corrected chi connectivity index (χ0v) is 12.9. The molecule has 0 aliphatic rings. The van der Waals surface area contributed by atoms with Crippen LogP contribution in [0.3, 0.4) is 0 Å². The summed E-state index contributed by atoms with van der Waals surface area (Å²) >= 11 is 1.26. The Labute approximate surface area is 118 Å².